The van der Waals surface area contributed by atoms with Gasteiger partial charge in [-0.1, -0.05) is 42.1 Å². The van der Waals surface area contributed by atoms with Crippen LogP contribution in [0, 0.1) is 5.82 Å². The van der Waals surface area contributed by atoms with Crippen molar-refractivity contribution in [1.29, 1.82) is 0 Å². The van der Waals surface area contributed by atoms with Crippen LogP contribution in [0.1, 0.15) is 23.0 Å². The summed E-state index contributed by atoms with van der Waals surface area (Å²) in [4.78, 5) is 46.9. The van der Waals surface area contributed by atoms with Gasteiger partial charge < -0.3 is 5.73 Å². The third-order valence-corrected chi connectivity index (χ3v) is 6.10. The van der Waals surface area contributed by atoms with E-state index in [9.17, 15) is 18.8 Å². The van der Waals surface area contributed by atoms with Crippen molar-refractivity contribution in [3.63, 3.8) is 0 Å². The fourth-order valence-electron chi connectivity index (χ4n) is 3.77. The Labute approximate surface area is 204 Å². The van der Waals surface area contributed by atoms with Gasteiger partial charge >= 0.3 is 5.69 Å². The number of hydrogen-bond donors (Lipinski definition) is 2. The highest BCUT2D eigenvalue weighted by molar-refractivity contribution is 7.98. The van der Waals surface area contributed by atoms with Crippen LogP contribution in [0.3, 0.4) is 0 Å². The van der Waals surface area contributed by atoms with Gasteiger partial charge in [0, 0.05) is 12.2 Å². The molecule has 0 radical (unpaired) electrons. The number of nitrogens with one attached hydrogen (secondary N) is 1. The molecule has 0 unspecified atom stereocenters. The second kappa shape index (κ2) is 10.0. The number of carbonyl (C=O) groups excluding carboxylic acids is 1. The van der Waals surface area contributed by atoms with Crippen LogP contribution in [0.5, 0.6) is 0 Å². The van der Waals surface area contributed by atoms with Crippen molar-refractivity contribution in [3.05, 3.63) is 98.7 Å². The van der Waals surface area contributed by atoms with Gasteiger partial charge in [-0.2, -0.15) is 0 Å². The lowest BCUT2D eigenvalue weighted by Gasteiger charge is -2.23. The van der Waals surface area contributed by atoms with Crippen LogP contribution in [-0.4, -0.2) is 37.8 Å². The minimum absolute atomic E-state index is 0.0961. The summed E-state index contributed by atoms with van der Waals surface area (Å²) in [6.45, 7) is 1.90. The highest BCUT2D eigenvalue weighted by Crippen LogP contribution is 2.25. The second-order valence-electron chi connectivity index (χ2n) is 7.56. The van der Waals surface area contributed by atoms with E-state index in [1.807, 2.05) is 30.3 Å². The van der Waals surface area contributed by atoms with Crippen molar-refractivity contribution in [2.75, 3.05) is 23.4 Å². The molecule has 2 aromatic carbocycles. The zero-order chi connectivity index (χ0) is 25.1. The molecule has 0 atom stereocenters. The molecule has 0 saturated carbocycles. The fraction of sp³-hybridized carbons (Fsp3) is 0.167. The number of nitrogens with two attached hydrogens (primary N) is 1. The first-order valence-corrected chi connectivity index (χ1v) is 11.9. The van der Waals surface area contributed by atoms with Crippen LogP contribution < -0.4 is 21.9 Å². The molecule has 11 heteroatoms. The first-order chi connectivity index (χ1) is 16.8. The number of thioether (sulfide) groups is 1. The van der Waals surface area contributed by atoms with Gasteiger partial charge in [-0.3, -0.25) is 28.6 Å². The van der Waals surface area contributed by atoms with Gasteiger partial charge in [0.15, 0.2) is 10.8 Å². The Bertz CT molecular complexity index is 1480. The van der Waals surface area contributed by atoms with E-state index in [2.05, 4.69) is 9.97 Å². The Balaban J connectivity index is 1.82. The number of amides is 1. The molecule has 1 amide bonds. The molecular weight excluding hydrogens is 471 g/mol. The molecule has 2 heterocycles. The number of carbonyl (C=O) groups is 1. The zero-order valence-electron chi connectivity index (χ0n) is 19.1. The van der Waals surface area contributed by atoms with Gasteiger partial charge in [-0.05, 0) is 43.0 Å². The largest absolute Gasteiger partial charge is 0.383 e. The van der Waals surface area contributed by atoms with E-state index in [0.29, 0.717) is 10.8 Å². The molecule has 0 aliphatic carbocycles. The fourth-order valence-corrected chi connectivity index (χ4v) is 4.32. The molecular formula is C24H23FN6O3S. The molecule has 0 saturated heterocycles. The quantitative estimate of drug-likeness (QED) is 0.382. The first kappa shape index (κ1) is 24.0. The lowest BCUT2D eigenvalue weighted by Crippen LogP contribution is -2.41. The Kier molecular flexibility index (Phi) is 6.87. The average molecular weight is 495 g/mol. The van der Waals surface area contributed by atoms with Crippen LogP contribution in [0.25, 0.3) is 5.69 Å². The summed E-state index contributed by atoms with van der Waals surface area (Å²) in [6, 6.07) is 14.8. The second-order valence-corrected chi connectivity index (χ2v) is 8.33. The van der Waals surface area contributed by atoms with Gasteiger partial charge in [0.05, 0.1) is 12.7 Å². The topological polar surface area (TPSA) is 119 Å². The molecule has 0 fully saturated rings. The standard InChI is InChI=1S/C24H23FN6O3S/c1-3-29(19-20(26)30(23(34)28-21(19)32)14-15-7-5-4-6-8-15)22(33)18-13-27-24(35-2)31(18)17-11-9-16(25)10-12-17/h4-13H,3,14,26H2,1-2H3,(H,28,32,34). The summed E-state index contributed by atoms with van der Waals surface area (Å²) in [5, 5.41) is 0.506. The van der Waals surface area contributed by atoms with Crippen LogP contribution in [0.15, 0.2) is 75.5 Å². The number of aromatic nitrogens is 4. The van der Waals surface area contributed by atoms with E-state index in [1.165, 1.54) is 51.7 Å². The van der Waals surface area contributed by atoms with E-state index in [0.717, 1.165) is 5.56 Å². The molecule has 35 heavy (non-hydrogen) atoms. The average Bonchev–Trinajstić information content (AvgIpc) is 3.29. The number of nitrogens with zero attached hydrogens (tertiary/aromatic N) is 4. The third kappa shape index (κ3) is 4.62. The number of benzene rings is 2. The van der Waals surface area contributed by atoms with E-state index in [-0.39, 0.29) is 30.3 Å². The number of anilines is 2. The Morgan fingerprint density at radius 3 is 2.46 bits per heavy atom. The van der Waals surface area contributed by atoms with E-state index in [1.54, 1.807) is 17.7 Å². The lowest BCUT2D eigenvalue weighted by atomic mass is 10.2. The normalized spacial score (nSPS) is 10.9. The van der Waals surface area contributed by atoms with Gasteiger partial charge in [-0.25, -0.2) is 14.2 Å². The lowest BCUT2D eigenvalue weighted by molar-refractivity contribution is 0.0981. The molecule has 0 bridgehead atoms. The van der Waals surface area contributed by atoms with Crippen molar-refractivity contribution in [2.45, 2.75) is 18.6 Å². The highest BCUT2D eigenvalue weighted by atomic mass is 32.2. The summed E-state index contributed by atoms with van der Waals surface area (Å²) < 4.78 is 16.3. The maximum Gasteiger partial charge on any atom is 0.330 e. The van der Waals surface area contributed by atoms with E-state index in [4.69, 9.17) is 5.73 Å². The number of rotatable bonds is 7. The SMILES string of the molecule is CCN(C(=O)c1cnc(SC)n1-c1ccc(F)cc1)c1c(N)n(Cc2ccccc2)c(=O)[nH]c1=O. The summed E-state index contributed by atoms with van der Waals surface area (Å²) in [5.74, 6) is -1.09. The van der Waals surface area contributed by atoms with E-state index >= 15 is 0 Å². The first-order valence-electron chi connectivity index (χ1n) is 10.7. The molecule has 9 nitrogen and oxygen atoms in total. The number of imidazole rings is 1. The Morgan fingerprint density at radius 1 is 1.14 bits per heavy atom. The number of aromatic amines is 1. The molecule has 0 aliphatic rings. The van der Waals surface area contributed by atoms with Gasteiger partial charge in [0.25, 0.3) is 11.5 Å². The van der Waals surface area contributed by atoms with Crippen molar-refractivity contribution in [3.8, 4) is 5.69 Å². The van der Waals surface area contributed by atoms with Crippen LogP contribution in [-0.2, 0) is 6.54 Å². The summed E-state index contributed by atoms with van der Waals surface area (Å²) in [5.41, 5.74) is 6.20. The van der Waals surface area contributed by atoms with Gasteiger partial charge in [0.2, 0.25) is 0 Å². The number of hydrogen-bond acceptors (Lipinski definition) is 6. The minimum atomic E-state index is -0.773. The molecule has 0 aliphatic heterocycles. The van der Waals surface area contributed by atoms with Gasteiger partial charge in [-0.15, -0.1) is 0 Å². The smallest absolute Gasteiger partial charge is 0.330 e. The van der Waals surface area contributed by atoms with E-state index < -0.39 is 23.0 Å². The van der Waals surface area contributed by atoms with Crippen molar-refractivity contribution in [1.82, 2.24) is 19.1 Å². The third-order valence-electron chi connectivity index (χ3n) is 5.44. The Hall–Kier alpha value is -4.12. The number of nitrogen functional groups attached to an aromatic ring is 1. The molecule has 0 spiro atoms. The highest BCUT2D eigenvalue weighted by Gasteiger charge is 2.28. The summed E-state index contributed by atoms with van der Waals surface area (Å²) in [7, 11) is 0. The Morgan fingerprint density at radius 2 is 1.83 bits per heavy atom. The zero-order valence-corrected chi connectivity index (χ0v) is 19.9. The monoisotopic (exact) mass is 494 g/mol. The van der Waals surface area contributed by atoms with Gasteiger partial charge in [0.1, 0.15) is 17.3 Å². The van der Waals surface area contributed by atoms with Crippen molar-refractivity contribution < 1.29 is 9.18 Å². The number of H-pyrrole nitrogens is 1. The summed E-state index contributed by atoms with van der Waals surface area (Å²) >= 11 is 1.31. The van der Waals surface area contributed by atoms with Crippen LogP contribution >= 0.6 is 11.8 Å². The maximum absolute atomic E-state index is 13.7. The van der Waals surface area contributed by atoms with Crippen LogP contribution in [0.2, 0.25) is 0 Å². The van der Waals surface area contributed by atoms with Crippen molar-refractivity contribution >= 4 is 29.2 Å². The van der Waals surface area contributed by atoms with Crippen molar-refractivity contribution in [2.24, 2.45) is 0 Å². The summed E-state index contributed by atoms with van der Waals surface area (Å²) in [6.07, 6.45) is 3.20. The number of halogens is 1. The molecule has 3 N–H and O–H groups in total. The predicted octanol–water partition coefficient (Wildman–Crippen LogP) is 2.88. The van der Waals surface area contributed by atoms with Crippen LogP contribution in [0.4, 0.5) is 15.9 Å². The molecule has 4 aromatic rings. The maximum atomic E-state index is 13.7. The predicted molar refractivity (Wildman–Crippen MR) is 134 cm³/mol. The molecule has 2 aromatic heterocycles. The molecule has 4 rings (SSSR count). The minimum Gasteiger partial charge on any atom is -0.383 e. The molecule has 180 valence electrons.